The molecule has 0 spiro atoms. The molecule has 0 saturated carbocycles. The topological polar surface area (TPSA) is 37.0 Å². The Morgan fingerprint density at radius 2 is 1.88 bits per heavy atom. The summed E-state index contributed by atoms with van der Waals surface area (Å²) in [5, 5.41) is 7.00. The zero-order valence-electron chi connectivity index (χ0n) is 9.79. The Balaban J connectivity index is 2.27. The molecule has 1 heterocycles. The second-order valence-corrected chi connectivity index (χ2v) is 4.23. The Morgan fingerprint density at radius 1 is 1.12 bits per heavy atom. The van der Waals surface area contributed by atoms with Crippen molar-refractivity contribution in [2.45, 2.75) is 6.92 Å². The number of aromatic nitrogens is 1. The van der Waals surface area contributed by atoms with Gasteiger partial charge in [-0.15, -0.1) is 0 Å². The van der Waals surface area contributed by atoms with Gasteiger partial charge in [0.1, 0.15) is 0 Å². The zero-order valence-corrected chi connectivity index (χ0v) is 10.5. The first kappa shape index (κ1) is 11.7. The van der Waals surface area contributed by atoms with Crippen LogP contribution in [0.2, 0.25) is 5.02 Å². The zero-order chi connectivity index (χ0) is 12.3. The van der Waals surface area contributed by atoms with Crippen molar-refractivity contribution >= 4 is 28.7 Å². The highest BCUT2D eigenvalue weighted by Crippen LogP contribution is 2.26. The molecule has 2 aromatic rings. The van der Waals surface area contributed by atoms with Gasteiger partial charge in [0.25, 0.3) is 0 Å². The second kappa shape index (κ2) is 5.06. The van der Waals surface area contributed by atoms with Gasteiger partial charge in [-0.25, -0.2) is 0 Å². The molecule has 1 aromatic heterocycles. The molecule has 3 nitrogen and oxygen atoms in total. The molecular formula is C13H14ClN3. The summed E-state index contributed by atoms with van der Waals surface area (Å²) in [6.07, 6.45) is 3.53. The molecule has 88 valence electrons. The number of anilines is 3. The lowest BCUT2D eigenvalue weighted by Gasteiger charge is -2.10. The molecule has 4 heteroatoms. The summed E-state index contributed by atoms with van der Waals surface area (Å²) in [7, 11) is 1.86. The van der Waals surface area contributed by atoms with Crippen molar-refractivity contribution < 1.29 is 0 Å². The van der Waals surface area contributed by atoms with Crippen LogP contribution >= 0.6 is 11.6 Å². The van der Waals surface area contributed by atoms with Gasteiger partial charge in [0.15, 0.2) is 0 Å². The van der Waals surface area contributed by atoms with Crippen LogP contribution in [-0.4, -0.2) is 12.0 Å². The Kier molecular flexibility index (Phi) is 3.49. The number of benzene rings is 1. The van der Waals surface area contributed by atoms with Crippen molar-refractivity contribution in [3.8, 4) is 0 Å². The summed E-state index contributed by atoms with van der Waals surface area (Å²) >= 11 is 6.12. The van der Waals surface area contributed by atoms with Crippen LogP contribution in [0.3, 0.4) is 0 Å². The predicted octanol–water partition coefficient (Wildman–Crippen LogP) is 3.83. The first-order valence-corrected chi connectivity index (χ1v) is 5.73. The van der Waals surface area contributed by atoms with Crippen LogP contribution < -0.4 is 10.6 Å². The van der Waals surface area contributed by atoms with Gasteiger partial charge in [0.05, 0.1) is 34.5 Å². The van der Waals surface area contributed by atoms with Gasteiger partial charge in [-0.05, 0) is 30.7 Å². The van der Waals surface area contributed by atoms with Crippen molar-refractivity contribution in [2.24, 2.45) is 0 Å². The largest absolute Gasteiger partial charge is 0.387 e. The van der Waals surface area contributed by atoms with Crippen LogP contribution in [0.1, 0.15) is 5.56 Å². The van der Waals surface area contributed by atoms with Crippen molar-refractivity contribution in [3.05, 3.63) is 47.2 Å². The van der Waals surface area contributed by atoms with Gasteiger partial charge in [-0.2, -0.15) is 0 Å². The quantitative estimate of drug-likeness (QED) is 0.866. The molecule has 0 fully saturated rings. The predicted molar refractivity (Wildman–Crippen MR) is 73.3 cm³/mol. The van der Waals surface area contributed by atoms with Crippen molar-refractivity contribution in [1.29, 1.82) is 0 Å². The molecule has 0 bridgehead atoms. The highest BCUT2D eigenvalue weighted by Gasteiger charge is 2.01. The first-order chi connectivity index (χ1) is 8.19. The maximum absolute atomic E-state index is 6.12. The summed E-state index contributed by atoms with van der Waals surface area (Å²) < 4.78 is 0. The first-order valence-electron chi connectivity index (χ1n) is 5.35. The van der Waals surface area contributed by atoms with Crippen molar-refractivity contribution in [3.63, 3.8) is 0 Å². The summed E-state index contributed by atoms with van der Waals surface area (Å²) in [6.45, 7) is 2.03. The fourth-order valence-electron chi connectivity index (χ4n) is 1.54. The second-order valence-electron chi connectivity index (χ2n) is 3.82. The van der Waals surface area contributed by atoms with E-state index in [0.29, 0.717) is 5.02 Å². The number of pyridine rings is 1. The minimum absolute atomic E-state index is 0.700. The number of halogens is 1. The molecule has 17 heavy (non-hydrogen) atoms. The fraction of sp³-hybridized carbons (Fsp3) is 0.154. The lowest BCUT2D eigenvalue weighted by Crippen LogP contribution is -1.95. The molecular weight excluding hydrogens is 234 g/mol. The van der Waals surface area contributed by atoms with Crippen LogP contribution in [0.15, 0.2) is 36.7 Å². The Bertz CT molecular complexity index is 526. The monoisotopic (exact) mass is 247 g/mol. The minimum atomic E-state index is 0.700. The van der Waals surface area contributed by atoms with Gasteiger partial charge in [0.2, 0.25) is 0 Å². The lowest BCUT2D eigenvalue weighted by atomic mass is 10.2. The number of rotatable bonds is 3. The SMILES string of the molecule is CNc1cncc(Nc2cc(C)ccc2Cl)c1. The van der Waals surface area contributed by atoms with E-state index < -0.39 is 0 Å². The van der Waals surface area contributed by atoms with E-state index >= 15 is 0 Å². The molecule has 2 rings (SSSR count). The maximum Gasteiger partial charge on any atom is 0.0641 e. The van der Waals surface area contributed by atoms with Crippen LogP contribution in [0, 0.1) is 6.92 Å². The van der Waals surface area contributed by atoms with E-state index in [-0.39, 0.29) is 0 Å². The van der Waals surface area contributed by atoms with Crippen LogP contribution in [-0.2, 0) is 0 Å². The van der Waals surface area contributed by atoms with Crippen LogP contribution in [0.4, 0.5) is 17.1 Å². The van der Waals surface area contributed by atoms with E-state index in [1.165, 1.54) is 0 Å². The van der Waals surface area contributed by atoms with E-state index in [4.69, 9.17) is 11.6 Å². The third-order valence-electron chi connectivity index (χ3n) is 2.43. The molecule has 0 aliphatic rings. The van der Waals surface area contributed by atoms with E-state index in [1.807, 2.05) is 38.2 Å². The van der Waals surface area contributed by atoms with Crippen molar-refractivity contribution in [2.75, 3.05) is 17.7 Å². The Labute approximate surface area is 106 Å². The average molecular weight is 248 g/mol. The number of nitrogens with one attached hydrogen (secondary N) is 2. The van der Waals surface area contributed by atoms with Crippen LogP contribution in [0.5, 0.6) is 0 Å². The standard InChI is InChI=1S/C13H14ClN3/c1-9-3-4-12(14)13(5-9)17-11-6-10(15-2)7-16-8-11/h3-8,15,17H,1-2H3. The fourth-order valence-corrected chi connectivity index (χ4v) is 1.70. The minimum Gasteiger partial charge on any atom is -0.387 e. The van der Waals surface area contributed by atoms with E-state index in [2.05, 4.69) is 15.6 Å². The van der Waals surface area contributed by atoms with Crippen LogP contribution in [0.25, 0.3) is 0 Å². The molecule has 0 amide bonds. The summed E-state index contributed by atoms with van der Waals surface area (Å²) in [4.78, 5) is 4.14. The smallest absolute Gasteiger partial charge is 0.0641 e. The molecule has 0 aliphatic heterocycles. The van der Waals surface area contributed by atoms with Gasteiger partial charge < -0.3 is 10.6 Å². The van der Waals surface area contributed by atoms with Crippen molar-refractivity contribution in [1.82, 2.24) is 4.98 Å². The molecule has 0 saturated heterocycles. The van der Waals surface area contributed by atoms with Gasteiger partial charge in [-0.1, -0.05) is 17.7 Å². The maximum atomic E-state index is 6.12. The number of nitrogens with zero attached hydrogens (tertiary/aromatic N) is 1. The van der Waals surface area contributed by atoms with Gasteiger partial charge in [-0.3, -0.25) is 4.98 Å². The normalized spacial score (nSPS) is 10.1. The molecule has 0 radical (unpaired) electrons. The molecule has 0 unspecified atom stereocenters. The van der Waals surface area contributed by atoms with E-state index in [1.54, 1.807) is 12.4 Å². The van der Waals surface area contributed by atoms with Gasteiger partial charge in [0, 0.05) is 7.05 Å². The molecule has 2 N–H and O–H groups in total. The summed E-state index contributed by atoms with van der Waals surface area (Å²) in [5.74, 6) is 0. The Morgan fingerprint density at radius 3 is 2.65 bits per heavy atom. The molecule has 1 aromatic carbocycles. The Hall–Kier alpha value is -1.74. The lowest BCUT2D eigenvalue weighted by molar-refractivity contribution is 1.30. The van der Waals surface area contributed by atoms with E-state index in [0.717, 1.165) is 22.6 Å². The summed E-state index contributed by atoms with van der Waals surface area (Å²) in [5.41, 5.74) is 3.92. The molecule has 0 aliphatic carbocycles. The summed E-state index contributed by atoms with van der Waals surface area (Å²) in [6, 6.07) is 7.85. The average Bonchev–Trinajstić information content (AvgIpc) is 2.34. The highest BCUT2D eigenvalue weighted by atomic mass is 35.5. The molecule has 0 atom stereocenters. The highest BCUT2D eigenvalue weighted by molar-refractivity contribution is 6.33. The number of hydrogen-bond donors (Lipinski definition) is 2. The van der Waals surface area contributed by atoms with E-state index in [9.17, 15) is 0 Å². The third kappa shape index (κ3) is 2.88. The third-order valence-corrected chi connectivity index (χ3v) is 2.76. The number of aryl methyl sites for hydroxylation is 1. The number of hydrogen-bond acceptors (Lipinski definition) is 3. The van der Waals surface area contributed by atoms with Gasteiger partial charge >= 0.3 is 0 Å².